The molecule has 0 aliphatic heterocycles. The van der Waals surface area contributed by atoms with Crippen molar-refractivity contribution in [3.05, 3.63) is 59.1 Å². The van der Waals surface area contributed by atoms with Gasteiger partial charge in [-0.15, -0.1) is 0 Å². The van der Waals surface area contributed by atoms with E-state index in [4.69, 9.17) is 4.42 Å². The Hall–Kier alpha value is -2.87. The lowest BCUT2D eigenvalue weighted by Crippen LogP contribution is -2.51. The van der Waals surface area contributed by atoms with Crippen molar-refractivity contribution in [2.75, 3.05) is 5.32 Å². The van der Waals surface area contributed by atoms with Crippen LogP contribution in [0.4, 0.5) is 5.69 Å². The summed E-state index contributed by atoms with van der Waals surface area (Å²) in [7, 11) is -2.28. The van der Waals surface area contributed by atoms with Gasteiger partial charge in [-0.2, -0.15) is 0 Å². The molecule has 1 aliphatic carbocycles. The number of nitrogens with one attached hydrogen (secondary N) is 1. The number of carbonyl (C=O) groups is 1. The van der Waals surface area contributed by atoms with Gasteiger partial charge in [0.25, 0.3) is 0 Å². The molecule has 0 unspecified atom stereocenters. The maximum absolute atomic E-state index is 13.5. The molecular weight excluding hydrogens is 392 g/mol. The summed E-state index contributed by atoms with van der Waals surface area (Å²) in [6.07, 6.45) is 2.80. The molecular formula is C21H22N2O5S. The number of nitrogens with zero attached hydrogens (tertiary/aromatic N) is 1. The Bertz CT molecular complexity index is 1220. The smallest absolute Gasteiger partial charge is 0.408 e. The number of sulfone groups is 1. The highest BCUT2D eigenvalue weighted by Crippen LogP contribution is 2.40. The molecule has 1 fully saturated rings. The average molecular weight is 414 g/mol. The first kappa shape index (κ1) is 19.4. The molecule has 1 aromatic heterocycles. The van der Waals surface area contributed by atoms with E-state index < -0.39 is 26.2 Å². The second kappa shape index (κ2) is 7.18. The number of aromatic nitrogens is 1. The second-order valence-electron chi connectivity index (χ2n) is 7.44. The number of oxazole rings is 1. The topological polar surface area (TPSA) is 98.4 Å². The Morgan fingerprint density at radius 2 is 1.76 bits per heavy atom. The Morgan fingerprint density at radius 3 is 2.45 bits per heavy atom. The second-order valence-corrected chi connectivity index (χ2v) is 9.69. The van der Waals surface area contributed by atoms with Crippen LogP contribution in [-0.2, 0) is 21.7 Å². The molecule has 3 aromatic rings. The monoisotopic (exact) mass is 414 g/mol. The summed E-state index contributed by atoms with van der Waals surface area (Å²) in [4.78, 5) is 25.2. The van der Waals surface area contributed by atoms with Crippen molar-refractivity contribution in [2.45, 2.75) is 41.7 Å². The van der Waals surface area contributed by atoms with Crippen LogP contribution in [0.25, 0.3) is 11.1 Å². The van der Waals surface area contributed by atoms with Crippen LogP contribution in [0.2, 0.25) is 0 Å². The Balaban J connectivity index is 1.72. The van der Waals surface area contributed by atoms with Gasteiger partial charge in [-0.1, -0.05) is 37.5 Å². The normalized spacial score (nSPS) is 16.6. The van der Waals surface area contributed by atoms with E-state index >= 15 is 0 Å². The summed E-state index contributed by atoms with van der Waals surface area (Å²) in [6, 6.07) is 13.0. The number of hydrogen-bond donors (Lipinski definition) is 1. The van der Waals surface area contributed by atoms with Gasteiger partial charge >= 0.3 is 5.76 Å². The van der Waals surface area contributed by atoms with Crippen LogP contribution in [0.1, 0.15) is 32.1 Å². The van der Waals surface area contributed by atoms with Crippen molar-refractivity contribution in [1.29, 1.82) is 0 Å². The molecule has 1 N–H and O–H groups in total. The third-order valence-electron chi connectivity index (χ3n) is 5.69. The summed E-state index contributed by atoms with van der Waals surface area (Å²) in [5, 5.41) is 2.76. The molecule has 7 nitrogen and oxygen atoms in total. The van der Waals surface area contributed by atoms with E-state index in [0.29, 0.717) is 29.6 Å². The molecule has 29 heavy (non-hydrogen) atoms. The van der Waals surface area contributed by atoms with Gasteiger partial charge in [-0.25, -0.2) is 13.2 Å². The maximum atomic E-state index is 13.5. The van der Waals surface area contributed by atoms with Gasteiger partial charge in [-0.3, -0.25) is 9.36 Å². The van der Waals surface area contributed by atoms with Gasteiger partial charge < -0.3 is 9.73 Å². The van der Waals surface area contributed by atoms with Gasteiger partial charge in [0, 0.05) is 18.8 Å². The van der Waals surface area contributed by atoms with Crippen molar-refractivity contribution in [3.63, 3.8) is 0 Å². The van der Waals surface area contributed by atoms with E-state index in [1.807, 2.05) is 0 Å². The molecule has 2 aromatic carbocycles. The summed E-state index contributed by atoms with van der Waals surface area (Å²) in [6.45, 7) is 0. The number of aryl methyl sites for hydroxylation is 1. The highest BCUT2D eigenvalue weighted by Gasteiger charge is 2.51. The number of amides is 1. The van der Waals surface area contributed by atoms with E-state index in [2.05, 4.69) is 5.32 Å². The lowest BCUT2D eigenvalue weighted by atomic mass is 9.87. The van der Waals surface area contributed by atoms with Gasteiger partial charge in [-0.05, 0) is 37.1 Å². The number of rotatable bonds is 4. The SMILES string of the molecule is Cn1c(=O)oc2cc(NC(=O)C3(S(=O)(=O)c4ccccc4)CCCCC3)ccc21. The molecule has 1 heterocycles. The number of anilines is 1. The van der Waals surface area contributed by atoms with Crippen molar-refractivity contribution < 1.29 is 17.6 Å². The predicted molar refractivity (Wildman–Crippen MR) is 110 cm³/mol. The van der Waals surface area contributed by atoms with Gasteiger partial charge in [0.15, 0.2) is 20.2 Å². The van der Waals surface area contributed by atoms with Crippen LogP contribution in [0.3, 0.4) is 0 Å². The molecule has 4 rings (SSSR count). The Morgan fingerprint density at radius 1 is 1.07 bits per heavy atom. The van der Waals surface area contributed by atoms with Crippen LogP contribution in [0.5, 0.6) is 0 Å². The van der Waals surface area contributed by atoms with Crippen molar-refractivity contribution in [2.24, 2.45) is 7.05 Å². The number of benzene rings is 2. The molecule has 0 saturated heterocycles. The Labute approximate surface area is 168 Å². The molecule has 1 saturated carbocycles. The minimum Gasteiger partial charge on any atom is -0.408 e. The largest absolute Gasteiger partial charge is 0.419 e. The Kier molecular flexibility index (Phi) is 4.82. The maximum Gasteiger partial charge on any atom is 0.419 e. The zero-order chi connectivity index (χ0) is 20.6. The summed E-state index contributed by atoms with van der Waals surface area (Å²) >= 11 is 0. The quantitative estimate of drug-likeness (QED) is 0.707. The van der Waals surface area contributed by atoms with E-state index in [1.54, 1.807) is 43.4 Å². The molecule has 1 aliphatic rings. The fraction of sp³-hybridized carbons (Fsp3) is 0.333. The first-order valence-electron chi connectivity index (χ1n) is 9.56. The zero-order valence-corrected chi connectivity index (χ0v) is 16.9. The van der Waals surface area contributed by atoms with Crippen molar-refractivity contribution in [3.8, 4) is 0 Å². The molecule has 0 spiro atoms. The van der Waals surface area contributed by atoms with Crippen LogP contribution >= 0.6 is 0 Å². The number of fused-ring (bicyclic) bond motifs is 1. The van der Waals surface area contributed by atoms with E-state index in [9.17, 15) is 18.0 Å². The van der Waals surface area contributed by atoms with Crippen LogP contribution in [0, 0.1) is 0 Å². The number of carbonyl (C=O) groups excluding carboxylic acids is 1. The minimum atomic E-state index is -3.88. The highest BCUT2D eigenvalue weighted by molar-refractivity contribution is 7.93. The lowest BCUT2D eigenvalue weighted by Gasteiger charge is -2.35. The summed E-state index contributed by atoms with van der Waals surface area (Å²) in [5.41, 5.74) is 1.32. The van der Waals surface area contributed by atoms with Crippen molar-refractivity contribution in [1.82, 2.24) is 4.57 Å². The van der Waals surface area contributed by atoms with Gasteiger partial charge in [0.2, 0.25) is 5.91 Å². The summed E-state index contributed by atoms with van der Waals surface area (Å²) < 4.78 is 32.0. The van der Waals surface area contributed by atoms with Gasteiger partial charge in [0.05, 0.1) is 10.4 Å². The van der Waals surface area contributed by atoms with E-state index in [-0.39, 0.29) is 17.7 Å². The van der Waals surface area contributed by atoms with E-state index in [1.165, 1.54) is 16.7 Å². The molecule has 0 atom stereocenters. The number of hydrogen-bond acceptors (Lipinski definition) is 5. The molecule has 0 radical (unpaired) electrons. The van der Waals surface area contributed by atoms with Crippen LogP contribution in [-0.4, -0.2) is 23.6 Å². The van der Waals surface area contributed by atoms with Crippen LogP contribution < -0.4 is 11.1 Å². The fourth-order valence-corrected chi connectivity index (χ4v) is 6.11. The van der Waals surface area contributed by atoms with Crippen molar-refractivity contribution >= 4 is 32.5 Å². The molecule has 8 heteroatoms. The molecule has 152 valence electrons. The summed E-state index contributed by atoms with van der Waals surface area (Å²) in [5.74, 6) is -1.04. The average Bonchev–Trinajstić information content (AvgIpc) is 3.02. The third-order valence-corrected chi connectivity index (χ3v) is 8.21. The predicted octanol–water partition coefficient (Wildman–Crippen LogP) is 3.25. The molecule has 1 amide bonds. The lowest BCUT2D eigenvalue weighted by molar-refractivity contribution is -0.119. The van der Waals surface area contributed by atoms with E-state index in [0.717, 1.165) is 6.42 Å². The first-order chi connectivity index (χ1) is 13.8. The first-order valence-corrected chi connectivity index (χ1v) is 11.0. The zero-order valence-electron chi connectivity index (χ0n) is 16.1. The van der Waals surface area contributed by atoms with Gasteiger partial charge in [0.1, 0.15) is 0 Å². The highest BCUT2D eigenvalue weighted by atomic mass is 32.2. The standard InChI is InChI=1S/C21H22N2O5S/c1-23-17-11-10-15(14-18(17)28-20(23)25)22-19(24)21(12-6-3-7-13-21)29(26,27)16-8-4-2-5-9-16/h2,4-5,8-11,14H,3,6-7,12-13H2,1H3,(H,22,24). The fourth-order valence-electron chi connectivity index (χ4n) is 4.02. The third kappa shape index (κ3) is 3.17. The molecule has 0 bridgehead atoms. The minimum absolute atomic E-state index is 0.154. The van der Waals surface area contributed by atoms with Crippen LogP contribution in [0.15, 0.2) is 62.6 Å².